The van der Waals surface area contributed by atoms with Crippen LogP contribution in [-0.2, 0) is 6.61 Å². The topological polar surface area (TPSA) is 35.2 Å². The van der Waals surface area contributed by atoms with Crippen molar-refractivity contribution in [3.05, 3.63) is 56.5 Å². The molecular formula is C16H17Br2NO. The van der Waals surface area contributed by atoms with Crippen LogP contribution in [0.15, 0.2) is 45.3 Å². The van der Waals surface area contributed by atoms with Gasteiger partial charge in [0.15, 0.2) is 0 Å². The minimum atomic E-state index is 0.407. The molecule has 106 valence electrons. The van der Waals surface area contributed by atoms with Crippen molar-refractivity contribution in [2.24, 2.45) is 0 Å². The predicted octanol–water partition coefficient (Wildman–Crippen LogP) is 5.50. The van der Waals surface area contributed by atoms with Gasteiger partial charge in [-0.1, -0.05) is 51.8 Å². The molecule has 4 heteroatoms. The molecule has 0 aromatic heterocycles. The highest BCUT2D eigenvalue weighted by Gasteiger charge is 2.09. The van der Waals surface area contributed by atoms with E-state index in [-0.39, 0.29) is 0 Å². The fourth-order valence-corrected chi connectivity index (χ4v) is 2.71. The Labute approximate surface area is 136 Å². The van der Waals surface area contributed by atoms with Crippen molar-refractivity contribution in [2.75, 3.05) is 5.73 Å². The fraction of sp³-hybridized carbons (Fsp3) is 0.250. The molecule has 0 heterocycles. The molecule has 0 aliphatic carbocycles. The zero-order valence-electron chi connectivity index (χ0n) is 11.5. The summed E-state index contributed by atoms with van der Waals surface area (Å²) in [5.74, 6) is 1.32. The average Bonchev–Trinajstić information content (AvgIpc) is 2.38. The first kappa shape index (κ1) is 15.4. The molecule has 20 heavy (non-hydrogen) atoms. The second kappa shape index (κ2) is 6.64. The third-order valence-corrected chi connectivity index (χ3v) is 4.07. The van der Waals surface area contributed by atoms with Gasteiger partial charge in [-0.15, -0.1) is 0 Å². The molecule has 2 aromatic carbocycles. The standard InChI is InChI=1S/C16H17Br2NO/c1-10(2)14-7-12(17)5-6-16(14)20-9-11-3-4-13(18)8-15(11)19/h3-8,10H,9,19H2,1-2H3. The maximum atomic E-state index is 5.99. The molecule has 0 saturated heterocycles. The number of benzene rings is 2. The molecule has 0 aliphatic rings. The minimum absolute atomic E-state index is 0.407. The summed E-state index contributed by atoms with van der Waals surface area (Å²) in [5.41, 5.74) is 8.91. The Bertz CT molecular complexity index is 611. The molecule has 0 atom stereocenters. The van der Waals surface area contributed by atoms with Gasteiger partial charge in [-0.05, 0) is 41.8 Å². The smallest absolute Gasteiger partial charge is 0.123 e. The van der Waals surface area contributed by atoms with Crippen LogP contribution >= 0.6 is 31.9 Å². The number of nitrogen functional groups attached to an aromatic ring is 1. The second-order valence-electron chi connectivity index (χ2n) is 4.97. The van der Waals surface area contributed by atoms with Gasteiger partial charge in [0.25, 0.3) is 0 Å². The number of halogens is 2. The van der Waals surface area contributed by atoms with Crippen LogP contribution < -0.4 is 10.5 Å². The molecule has 0 bridgehead atoms. The van der Waals surface area contributed by atoms with E-state index in [9.17, 15) is 0 Å². The lowest BCUT2D eigenvalue weighted by molar-refractivity contribution is 0.302. The zero-order chi connectivity index (χ0) is 14.7. The lowest BCUT2D eigenvalue weighted by atomic mass is 10.0. The molecule has 2 rings (SSSR count). The van der Waals surface area contributed by atoms with E-state index < -0.39 is 0 Å². The number of anilines is 1. The van der Waals surface area contributed by atoms with E-state index in [1.807, 2.05) is 30.3 Å². The molecule has 0 fully saturated rings. The van der Waals surface area contributed by atoms with Crippen molar-refractivity contribution in [1.82, 2.24) is 0 Å². The highest BCUT2D eigenvalue weighted by Crippen LogP contribution is 2.30. The van der Waals surface area contributed by atoms with Crippen molar-refractivity contribution in [1.29, 1.82) is 0 Å². The first-order chi connectivity index (χ1) is 9.47. The minimum Gasteiger partial charge on any atom is -0.489 e. The van der Waals surface area contributed by atoms with Gasteiger partial charge in [-0.2, -0.15) is 0 Å². The highest BCUT2D eigenvalue weighted by atomic mass is 79.9. The van der Waals surface area contributed by atoms with Crippen LogP contribution in [0.3, 0.4) is 0 Å². The van der Waals surface area contributed by atoms with Crippen LogP contribution in [0.4, 0.5) is 5.69 Å². The normalized spacial score (nSPS) is 10.8. The van der Waals surface area contributed by atoms with Gasteiger partial charge in [0, 0.05) is 20.2 Å². The Morgan fingerprint density at radius 2 is 1.70 bits per heavy atom. The molecule has 2 N–H and O–H groups in total. The van der Waals surface area contributed by atoms with Gasteiger partial charge in [0.1, 0.15) is 12.4 Å². The molecule has 2 nitrogen and oxygen atoms in total. The van der Waals surface area contributed by atoms with Gasteiger partial charge in [0.2, 0.25) is 0 Å². The highest BCUT2D eigenvalue weighted by molar-refractivity contribution is 9.10. The van der Waals surface area contributed by atoms with Gasteiger partial charge >= 0.3 is 0 Å². The van der Waals surface area contributed by atoms with Crippen molar-refractivity contribution < 1.29 is 4.74 Å². The van der Waals surface area contributed by atoms with Crippen molar-refractivity contribution >= 4 is 37.5 Å². The van der Waals surface area contributed by atoms with E-state index in [4.69, 9.17) is 10.5 Å². The van der Waals surface area contributed by atoms with Crippen molar-refractivity contribution in [3.63, 3.8) is 0 Å². The summed E-state index contributed by atoms with van der Waals surface area (Å²) in [7, 11) is 0. The fourth-order valence-electron chi connectivity index (χ4n) is 1.95. The molecular weight excluding hydrogens is 382 g/mol. The molecule has 0 saturated carbocycles. The van der Waals surface area contributed by atoms with E-state index in [0.29, 0.717) is 12.5 Å². The van der Waals surface area contributed by atoms with Gasteiger partial charge in [-0.3, -0.25) is 0 Å². The molecule has 0 spiro atoms. The van der Waals surface area contributed by atoms with Crippen LogP contribution in [0.1, 0.15) is 30.9 Å². The van der Waals surface area contributed by atoms with Crippen LogP contribution in [0.5, 0.6) is 5.75 Å². The first-order valence-electron chi connectivity index (χ1n) is 6.43. The largest absolute Gasteiger partial charge is 0.489 e. The van der Waals surface area contributed by atoms with E-state index >= 15 is 0 Å². The lowest BCUT2D eigenvalue weighted by Crippen LogP contribution is -2.02. The molecule has 0 radical (unpaired) electrons. The van der Waals surface area contributed by atoms with Crippen molar-refractivity contribution in [2.45, 2.75) is 26.4 Å². The van der Waals surface area contributed by atoms with E-state index in [0.717, 1.165) is 25.9 Å². The summed E-state index contributed by atoms with van der Waals surface area (Å²) in [6, 6.07) is 11.9. The van der Waals surface area contributed by atoms with Crippen LogP contribution in [0.2, 0.25) is 0 Å². The number of hydrogen-bond acceptors (Lipinski definition) is 2. The molecule has 0 aliphatic heterocycles. The van der Waals surface area contributed by atoms with E-state index in [1.165, 1.54) is 5.56 Å². The van der Waals surface area contributed by atoms with Gasteiger partial charge in [-0.25, -0.2) is 0 Å². The first-order valence-corrected chi connectivity index (χ1v) is 8.02. The second-order valence-corrected chi connectivity index (χ2v) is 6.80. The van der Waals surface area contributed by atoms with Crippen molar-refractivity contribution in [3.8, 4) is 5.75 Å². The summed E-state index contributed by atoms with van der Waals surface area (Å²) in [6.07, 6.45) is 0. The third kappa shape index (κ3) is 3.76. The Morgan fingerprint density at radius 1 is 1.05 bits per heavy atom. The number of rotatable bonds is 4. The van der Waals surface area contributed by atoms with Gasteiger partial charge < -0.3 is 10.5 Å². The Balaban J connectivity index is 2.18. The SMILES string of the molecule is CC(C)c1cc(Br)ccc1OCc1ccc(Br)cc1N. The third-order valence-electron chi connectivity index (χ3n) is 3.08. The Kier molecular flexibility index (Phi) is 5.11. The maximum Gasteiger partial charge on any atom is 0.123 e. The number of ether oxygens (including phenoxy) is 1. The van der Waals surface area contributed by atoms with Crippen LogP contribution in [0, 0.1) is 0 Å². The summed E-state index contributed by atoms with van der Waals surface area (Å²) in [4.78, 5) is 0. The van der Waals surface area contributed by atoms with Crippen LogP contribution in [-0.4, -0.2) is 0 Å². The summed E-state index contributed by atoms with van der Waals surface area (Å²) in [6.45, 7) is 4.78. The van der Waals surface area contributed by atoms with Gasteiger partial charge in [0.05, 0.1) is 0 Å². The van der Waals surface area contributed by atoms with E-state index in [1.54, 1.807) is 0 Å². The molecule has 2 aromatic rings. The monoisotopic (exact) mass is 397 g/mol. The molecule has 0 unspecified atom stereocenters. The quantitative estimate of drug-likeness (QED) is 0.690. The Morgan fingerprint density at radius 3 is 2.35 bits per heavy atom. The van der Waals surface area contributed by atoms with E-state index in [2.05, 4.69) is 51.8 Å². The van der Waals surface area contributed by atoms with Crippen LogP contribution in [0.25, 0.3) is 0 Å². The summed E-state index contributed by atoms with van der Waals surface area (Å²) < 4.78 is 7.99. The summed E-state index contributed by atoms with van der Waals surface area (Å²) in [5, 5.41) is 0. The predicted molar refractivity (Wildman–Crippen MR) is 91.1 cm³/mol. The average molecular weight is 399 g/mol. The molecule has 0 amide bonds. The summed E-state index contributed by atoms with van der Waals surface area (Å²) >= 11 is 6.90. The number of hydrogen-bond donors (Lipinski definition) is 1. The zero-order valence-corrected chi connectivity index (χ0v) is 14.7. The Hall–Kier alpha value is -1.00. The lowest BCUT2D eigenvalue weighted by Gasteiger charge is -2.15. The number of nitrogens with two attached hydrogens (primary N) is 1. The maximum absolute atomic E-state index is 5.99.